The van der Waals surface area contributed by atoms with Gasteiger partial charge in [0.05, 0.1) is 5.69 Å². The van der Waals surface area contributed by atoms with E-state index in [1.807, 2.05) is 12.1 Å². The molecule has 0 N–H and O–H groups in total. The molecule has 0 amide bonds. The summed E-state index contributed by atoms with van der Waals surface area (Å²) in [5.41, 5.74) is 14.5. The number of furan rings is 1. The van der Waals surface area contributed by atoms with Crippen LogP contribution in [0, 0.1) is 0 Å². The van der Waals surface area contributed by atoms with E-state index in [0.29, 0.717) is 0 Å². The Morgan fingerprint density at radius 2 is 0.815 bits per heavy atom. The summed E-state index contributed by atoms with van der Waals surface area (Å²) in [6, 6.07) is 75.9. The maximum Gasteiger partial charge on any atom is 0.136 e. The summed E-state index contributed by atoms with van der Waals surface area (Å²) in [4.78, 5) is 2.38. The van der Waals surface area contributed by atoms with Crippen LogP contribution in [0.25, 0.3) is 77.2 Å². The molecule has 9 aromatic carbocycles. The van der Waals surface area contributed by atoms with Gasteiger partial charge in [0.25, 0.3) is 0 Å². The van der Waals surface area contributed by atoms with E-state index in [1.54, 1.807) is 0 Å². The van der Waals surface area contributed by atoms with E-state index in [0.717, 1.165) is 55.5 Å². The van der Waals surface area contributed by atoms with Gasteiger partial charge in [0, 0.05) is 27.7 Å². The van der Waals surface area contributed by atoms with Crippen LogP contribution in [0.15, 0.2) is 217 Å². The largest absolute Gasteiger partial charge is 0.456 e. The molecule has 0 unspecified atom stereocenters. The smallest absolute Gasteiger partial charge is 0.136 e. The highest BCUT2D eigenvalue weighted by Gasteiger charge is 2.19. The highest BCUT2D eigenvalue weighted by Crippen LogP contribution is 2.44. The Morgan fingerprint density at radius 3 is 1.52 bits per heavy atom. The van der Waals surface area contributed by atoms with Crippen LogP contribution in [0.5, 0.6) is 0 Å². The van der Waals surface area contributed by atoms with Crippen molar-refractivity contribution in [2.24, 2.45) is 0 Å². The fraction of sp³-hybridized carbons (Fsp3) is 0. The Balaban J connectivity index is 1.11. The van der Waals surface area contributed by atoms with Gasteiger partial charge in [-0.15, -0.1) is 0 Å². The molecule has 0 saturated heterocycles. The second-order valence-electron chi connectivity index (χ2n) is 13.7. The van der Waals surface area contributed by atoms with Crippen LogP contribution in [-0.4, -0.2) is 0 Å². The highest BCUT2D eigenvalue weighted by atomic mass is 16.3. The average molecular weight is 690 g/mol. The Kier molecular flexibility index (Phi) is 7.85. The van der Waals surface area contributed by atoms with Crippen LogP contribution in [-0.2, 0) is 0 Å². The topological polar surface area (TPSA) is 16.4 Å². The Morgan fingerprint density at radius 1 is 0.296 bits per heavy atom. The molecule has 2 nitrogen and oxygen atoms in total. The zero-order valence-electron chi connectivity index (χ0n) is 29.6. The van der Waals surface area contributed by atoms with Gasteiger partial charge in [-0.25, -0.2) is 0 Å². The number of benzene rings is 9. The monoisotopic (exact) mass is 689 g/mol. The number of para-hydroxylation sites is 2. The minimum absolute atomic E-state index is 0.897. The van der Waals surface area contributed by atoms with Crippen molar-refractivity contribution in [1.82, 2.24) is 0 Å². The van der Waals surface area contributed by atoms with Gasteiger partial charge in [0.1, 0.15) is 11.2 Å². The van der Waals surface area contributed by atoms with Gasteiger partial charge in [-0.05, 0) is 104 Å². The predicted octanol–water partition coefficient (Wildman–Crippen LogP) is 14.9. The van der Waals surface area contributed by atoms with Gasteiger partial charge in [-0.2, -0.15) is 0 Å². The normalized spacial score (nSPS) is 11.3. The first-order chi connectivity index (χ1) is 26.8. The van der Waals surface area contributed by atoms with Crippen LogP contribution < -0.4 is 4.90 Å². The lowest BCUT2D eigenvalue weighted by atomic mass is 9.94. The van der Waals surface area contributed by atoms with Crippen molar-refractivity contribution >= 4 is 49.8 Å². The summed E-state index contributed by atoms with van der Waals surface area (Å²) in [7, 11) is 0. The first-order valence-corrected chi connectivity index (χ1v) is 18.4. The predicted molar refractivity (Wildman–Crippen MR) is 228 cm³/mol. The van der Waals surface area contributed by atoms with Gasteiger partial charge in [-0.1, -0.05) is 158 Å². The van der Waals surface area contributed by atoms with E-state index in [-0.39, 0.29) is 0 Å². The minimum Gasteiger partial charge on any atom is -0.456 e. The van der Waals surface area contributed by atoms with Gasteiger partial charge >= 0.3 is 0 Å². The molecular formula is C52H35NO. The second kappa shape index (κ2) is 13.4. The Labute approximate surface area is 314 Å². The third kappa shape index (κ3) is 5.71. The van der Waals surface area contributed by atoms with E-state index >= 15 is 0 Å². The van der Waals surface area contributed by atoms with Crippen molar-refractivity contribution in [2.45, 2.75) is 0 Å². The van der Waals surface area contributed by atoms with E-state index < -0.39 is 0 Å². The summed E-state index contributed by atoms with van der Waals surface area (Å²) >= 11 is 0. The van der Waals surface area contributed by atoms with Crippen LogP contribution in [0.1, 0.15) is 0 Å². The molecule has 0 spiro atoms. The number of hydrogen-bond donors (Lipinski definition) is 0. The van der Waals surface area contributed by atoms with Gasteiger partial charge in [0.15, 0.2) is 0 Å². The molecule has 10 rings (SSSR count). The fourth-order valence-electron chi connectivity index (χ4n) is 7.80. The quantitative estimate of drug-likeness (QED) is 0.166. The van der Waals surface area contributed by atoms with Gasteiger partial charge in [-0.3, -0.25) is 0 Å². The molecule has 0 aliphatic rings. The lowest BCUT2D eigenvalue weighted by Gasteiger charge is -2.28. The maximum atomic E-state index is 6.39. The van der Waals surface area contributed by atoms with E-state index in [4.69, 9.17) is 4.42 Å². The fourth-order valence-corrected chi connectivity index (χ4v) is 7.80. The molecule has 0 atom stereocenters. The lowest BCUT2D eigenvalue weighted by molar-refractivity contribution is 0.669. The molecule has 0 radical (unpaired) electrons. The van der Waals surface area contributed by atoms with Gasteiger partial charge in [0.2, 0.25) is 0 Å². The van der Waals surface area contributed by atoms with Crippen molar-refractivity contribution in [3.8, 4) is 44.5 Å². The minimum atomic E-state index is 0.897. The average Bonchev–Trinajstić information content (AvgIpc) is 3.61. The highest BCUT2D eigenvalue weighted by molar-refractivity contribution is 6.13. The maximum absolute atomic E-state index is 6.39. The van der Waals surface area contributed by atoms with Crippen molar-refractivity contribution in [1.29, 1.82) is 0 Å². The molecule has 10 aromatic rings. The number of anilines is 3. The number of hydrogen-bond acceptors (Lipinski definition) is 2. The molecule has 0 bridgehead atoms. The molecule has 0 aliphatic heterocycles. The standard InChI is InChI=1S/C52H35NO/c1-3-13-36(14-4-1)38-25-29-43(30-26-38)53(44-31-27-39(28-32-44)41-18-11-17-40(33-41)37-15-5-2-6-16-37)50-23-9-7-20-46(50)45-22-12-19-42-34-49-47-21-8-10-24-51(47)54-52(49)35-48(42)45/h1-35H. The number of fused-ring (bicyclic) bond motifs is 4. The molecule has 0 saturated carbocycles. The summed E-state index contributed by atoms with van der Waals surface area (Å²) in [6.45, 7) is 0. The summed E-state index contributed by atoms with van der Waals surface area (Å²) in [5.74, 6) is 0. The van der Waals surface area contributed by atoms with Crippen molar-refractivity contribution in [2.75, 3.05) is 4.90 Å². The van der Waals surface area contributed by atoms with Crippen LogP contribution in [0.4, 0.5) is 17.1 Å². The molecule has 2 heteroatoms. The van der Waals surface area contributed by atoms with E-state index in [1.165, 1.54) is 38.8 Å². The number of rotatable bonds is 7. The summed E-state index contributed by atoms with van der Waals surface area (Å²) < 4.78 is 6.39. The molecule has 0 aliphatic carbocycles. The van der Waals surface area contributed by atoms with Crippen LogP contribution in [0.2, 0.25) is 0 Å². The molecule has 54 heavy (non-hydrogen) atoms. The Hall–Kier alpha value is -7.16. The molecule has 1 aromatic heterocycles. The molecular weight excluding hydrogens is 655 g/mol. The number of nitrogens with zero attached hydrogens (tertiary/aromatic N) is 1. The SMILES string of the molecule is c1ccc(-c2ccc(N(c3ccc(-c4cccc(-c5ccccc5)c4)cc3)c3ccccc3-c3cccc4cc5c(cc34)oc3ccccc35)cc2)cc1. The first-order valence-electron chi connectivity index (χ1n) is 18.4. The first kappa shape index (κ1) is 31.6. The zero-order chi connectivity index (χ0) is 35.8. The van der Waals surface area contributed by atoms with Crippen molar-refractivity contribution < 1.29 is 4.42 Å². The molecule has 0 fully saturated rings. The van der Waals surface area contributed by atoms with Gasteiger partial charge < -0.3 is 9.32 Å². The molecule has 254 valence electrons. The second-order valence-corrected chi connectivity index (χ2v) is 13.7. The molecule has 1 heterocycles. The van der Waals surface area contributed by atoms with E-state index in [2.05, 4.69) is 205 Å². The Bertz CT molecular complexity index is 2910. The van der Waals surface area contributed by atoms with Crippen molar-refractivity contribution in [3.05, 3.63) is 212 Å². The lowest BCUT2D eigenvalue weighted by Crippen LogP contribution is -2.11. The third-order valence-electron chi connectivity index (χ3n) is 10.5. The third-order valence-corrected chi connectivity index (χ3v) is 10.5. The van der Waals surface area contributed by atoms with Crippen LogP contribution in [0.3, 0.4) is 0 Å². The van der Waals surface area contributed by atoms with E-state index in [9.17, 15) is 0 Å². The summed E-state index contributed by atoms with van der Waals surface area (Å²) in [6.07, 6.45) is 0. The summed E-state index contributed by atoms with van der Waals surface area (Å²) in [5, 5.41) is 4.62. The van der Waals surface area contributed by atoms with Crippen LogP contribution >= 0.6 is 0 Å². The zero-order valence-corrected chi connectivity index (χ0v) is 29.6. The van der Waals surface area contributed by atoms with Crippen molar-refractivity contribution in [3.63, 3.8) is 0 Å².